The van der Waals surface area contributed by atoms with Crippen molar-refractivity contribution in [1.29, 1.82) is 0 Å². The molecule has 0 heterocycles. The van der Waals surface area contributed by atoms with Crippen LogP contribution >= 0.6 is 0 Å². The van der Waals surface area contributed by atoms with E-state index in [0.29, 0.717) is 12.3 Å². The predicted molar refractivity (Wildman–Crippen MR) is 78.2 cm³/mol. The number of hydrogen-bond acceptors (Lipinski definition) is 2. The molecule has 1 aromatic rings. The van der Waals surface area contributed by atoms with E-state index in [1.54, 1.807) is 13.2 Å². The molecular formula is C17H25FO2. The lowest BCUT2D eigenvalue weighted by Gasteiger charge is -2.32. The third kappa shape index (κ3) is 3.80. The molecule has 1 fully saturated rings. The van der Waals surface area contributed by atoms with Crippen molar-refractivity contribution in [3.05, 3.63) is 35.1 Å². The molecule has 1 aromatic carbocycles. The number of ether oxygens (including phenoxy) is 1. The summed E-state index contributed by atoms with van der Waals surface area (Å²) in [4.78, 5) is 0. The largest absolute Gasteiger partial charge is 0.390 e. The highest BCUT2D eigenvalue weighted by Gasteiger charge is 2.29. The van der Waals surface area contributed by atoms with Crippen molar-refractivity contribution < 1.29 is 14.2 Å². The van der Waals surface area contributed by atoms with Crippen molar-refractivity contribution in [2.75, 3.05) is 7.11 Å². The number of aliphatic hydroxyl groups is 1. The summed E-state index contributed by atoms with van der Waals surface area (Å²) in [6.45, 7) is 1.95. The van der Waals surface area contributed by atoms with E-state index in [9.17, 15) is 9.50 Å². The van der Waals surface area contributed by atoms with Crippen molar-refractivity contribution in [3.8, 4) is 0 Å². The van der Waals surface area contributed by atoms with Gasteiger partial charge in [-0.15, -0.1) is 0 Å². The SMILES string of the molecule is COC(C(O)Cc1cc(F)ccc1C)C1CCCCC1. The van der Waals surface area contributed by atoms with Gasteiger partial charge in [0, 0.05) is 13.5 Å². The molecular weight excluding hydrogens is 255 g/mol. The number of halogens is 1. The second-order valence-electron chi connectivity index (χ2n) is 5.94. The Kier molecular flexibility index (Phi) is 5.55. The minimum absolute atomic E-state index is 0.141. The van der Waals surface area contributed by atoms with Crippen LogP contribution in [0.1, 0.15) is 43.2 Å². The first-order valence-corrected chi connectivity index (χ1v) is 7.57. The summed E-state index contributed by atoms with van der Waals surface area (Å²) in [5, 5.41) is 10.5. The van der Waals surface area contributed by atoms with Gasteiger partial charge in [-0.25, -0.2) is 4.39 Å². The fourth-order valence-corrected chi connectivity index (χ4v) is 3.33. The van der Waals surface area contributed by atoms with E-state index in [0.717, 1.165) is 24.0 Å². The predicted octanol–water partition coefficient (Wildman–Crippen LogP) is 3.63. The first kappa shape index (κ1) is 15.5. The highest BCUT2D eigenvalue weighted by molar-refractivity contribution is 5.27. The summed E-state index contributed by atoms with van der Waals surface area (Å²) in [5.41, 5.74) is 1.89. The number of hydrogen-bond donors (Lipinski definition) is 1. The molecule has 0 aliphatic heterocycles. The van der Waals surface area contributed by atoms with Crippen LogP contribution in [0.15, 0.2) is 18.2 Å². The normalized spacial score (nSPS) is 19.8. The molecule has 1 aliphatic carbocycles. The number of aryl methyl sites for hydroxylation is 1. The fourth-order valence-electron chi connectivity index (χ4n) is 3.33. The van der Waals surface area contributed by atoms with Gasteiger partial charge in [0.1, 0.15) is 5.82 Å². The van der Waals surface area contributed by atoms with Crippen molar-refractivity contribution in [3.63, 3.8) is 0 Å². The van der Waals surface area contributed by atoms with Crippen molar-refractivity contribution in [2.24, 2.45) is 5.92 Å². The standard InChI is InChI=1S/C17H25FO2/c1-12-8-9-15(18)10-14(12)11-16(19)17(20-2)13-6-4-3-5-7-13/h8-10,13,16-17,19H,3-7,11H2,1-2H3. The van der Waals surface area contributed by atoms with E-state index in [-0.39, 0.29) is 11.9 Å². The van der Waals surface area contributed by atoms with E-state index in [1.807, 2.05) is 6.92 Å². The quantitative estimate of drug-likeness (QED) is 0.892. The fraction of sp³-hybridized carbons (Fsp3) is 0.647. The molecule has 0 amide bonds. The van der Waals surface area contributed by atoms with Crippen molar-refractivity contribution in [2.45, 2.75) is 57.7 Å². The van der Waals surface area contributed by atoms with Crippen LogP contribution in [0.3, 0.4) is 0 Å². The second kappa shape index (κ2) is 7.19. The minimum atomic E-state index is -0.566. The van der Waals surface area contributed by atoms with Crippen LogP contribution in [0.25, 0.3) is 0 Å². The molecule has 2 unspecified atom stereocenters. The Bertz CT molecular complexity index is 427. The van der Waals surface area contributed by atoms with Gasteiger partial charge < -0.3 is 9.84 Å². The Morgan fingerprint density at radius 2 is 2.00 bits per heavy atom. The molecule has 112 valence electrons. The van der Waals surface area contributed by atoms with E-state index < -0.39 is 6.10 Å². The van der Waals surface area contributed by atoms with Gasteiger partial charge >= 0.3 is 0 Å². The molecule has 0 bridgehead atoms. The number of aliphatic hydroxyl groups excluding tert-OH is 1. The molecule has 2 atom stereocenters. The van der Waals surface area contributed by atoms with Crippen LogP contribution in [0.5, 0.6) is 0 Å². The molecule has 0 radical (unpaired) electrons. The van der Waals surface area contributed by atoms with Crippen molar-refractivity contribution in [1.82, 2.24) is 0 Å². The Hall–Kier alpha value is -0.930. The second-order valence-corrected chi connectivity index (χ2v) is 5.94. The first-order chi connectivity index (χ1) is 9.61. The zero-order valence-corrected chi connectivity index (χ0v) is 12.4. The average molecular weight is 280 g/mol. The van der Waals surface area contributed by atoms with Crippen LogP contribution in [0.2, 0.25) is 0 Å². The van der Waals surface area contributed by atoms with E-state index in [4.69, 9.17) is 4.74 Å². The van der Waals surface area contributed by atoms with Crippen LogP contribution in [0.4, 0.5) is 4.39 Å². The molecule has 0 aromatic heterocycles. The maximum absolute atomic E-state index is 13.3. The molecule has 20 heavy (non-hydrogen) atoms. The average Bonchev–Trinajstić information content (AvgIpc) is 2.45. The Labute approximate surface area is 121 Å². The number of benzene rings is 1. The van der Waals surface area contributed by atoms with Gasteiger partial charge in [0.2, 0.25) is 0 Å². The van der Waals surface area contributed by atoms with Crippen LogP contribution in [-0.2, 0) is 11.2 Å². The highest BCUT2D eigenvalue weighted by atomic mass is 19.1. The maximum atomic E-state index is 13.3. The van der Waals surface area contributed by atoms with Gasteiger partial charge in [0.05, 0.1) is 12.2 Å². The zero-order valence-electron chi connectivity index (χ0n) is 12.4. The summed E-state index contributed by atoms with van der Waals surface area (Å²) in [6.07, 6.45) is 5.72. The lowest BCUT2D eigenvalue weighted by molar-refractivity contribution is -0.0536. The van der Waals surface area contributed by atoms with Gasteiger partial charge in [0.15, 0.2) is 0 Å². The molecule has 1 N–H and O–H groups in total. The summed E-state index contributed by atoms with van der Waals surface area (Å²) in [7, 11) is 1.67. The van der Waals surface area contributed by atoms with Crippen LogP contribution in [-0.4, -0.2) is 24.4 Å². The minimum Gasteiger partial charge on any atom is -0.390 e. The molecule has 2 rings (SSSR count). The molecule has 1 aliphatic rings. The Morgan fingerprint density at radius 1 is 1.30 bits per heavy atom. The molecule has 1 saturated carbocycles. The smallest absolute Gasteiger partial charge is 0.123 e. The highest BCUT2D eigenvalue weighted by Crippen LogP contribution is 2.30. The lowest BCUT2D eigenvalue weighted by Crippen LogP contribution is -2.37. The molecule has 2 nitrogen and oxygen atoms in total. The first-order valence-electron chi connectivity index (χ1n) is 7.57. The molecule has 0 spiro atoms. The number of methoxy groups -OCH3 is 1. The van der Waals surface area contributed by atoms with Gasteiger partial charge in [0.25, 0.3) is 0 Å². The Morgan fingerprint density at radius 3 is 2.65 bits per heavy atom. The summed E-state index contributed by atoms with van der Waals surface area (Å²) in [6, 6.07) is 4.74. The number of rotatable bonds is 5. The maximum Gasteiger partial charge on any atom is 0.123 e. The third-order valence-corrected chi connectivity index (χ3v) is 4.51. The van der Waals surface area contributed by atoms with E-state index in [2.05, 4.69) is 0 Å². The summed E-state index contributed by atoms with van der Waals surface area (Å²) < 4.78 is 18.9. The third-order valence-electron chi connectivity index (χ3n) is 4.51. The van der Waals surface area contributed by atoms with Gasteiger partial charge in [-0.3, -0.25) is 0 Å². The summed E-state index contributed by atoms with van der Waals surface area (Å²) in [5.74, 6) is 0.182. The topological polar surface area (TPSA) is 29.5 Å². The molecule has 3 heteroatoms. The van der Waals surface area contributed by atoms with Crippen LogP contribution in [0, 0.1) is 18.7 Å². The van der Waals surface area contributed by atoms with Gasteiger partial charge in [-0.2, -0.15) is 0 Å². The van der Waals surface area contributed by atoms with E-state index in [1.165, 1.54) is 31.4 Å². The van der Waals surface area contributed by atoms with Gasteiger partial charge in [-0.05, 0) is 48.9 Å². The monoisotopic (exact) mass is 280 g/mol. The zero-order chi connectivity index (χ0) is 14.5. The van der Waals surface area contributed by atoms with E-state index >= 15 is 0 Å². The lowest BCUT2D eigenvalue weighted by atomic mass is 9.82. The van der Waals surface area contributed by atoms with Gasteiger partial charge in [-0.1, -0.05) is 25.3 Å². The molecule has 0 saturated heterocycles. The van der Waals surface area contributed by atoms with Crippen LogP contribution < -0.4 is 0 Å². The Balaban J connectivity index is 2.04. The summed E-state index contributed by atoms with van der Waals surface area (Å²) >= 11 is 0. The van der Waals surface area contributed by atoms with Crippen molar-refractivity contribution >= 4 is 0 Å².